The van der Waals surface area contributed by atoms with Crippen molar-refractivity contribution in [3.8, 4) is 22.3 Å². The second-order valence-corrected chi connectivity index (χ2v) is 11.1. The Hall–Kier alpha value is -3.46. The van der Waals surface area contributed by atoms with E-state index in [1.54, 1.807) is 12.4 Å². The van der Waals surface area contributed by atoms with Gasteiger partial charge < -0.3 is 5.32 Å². The Bertz CT molecular complexity index is 1550. The summed E-state index contributed by atoms with van der Waals surface area (Å²) in [5.74, 6) is 5.77. The summed E-state index contributed by atoms with van der Waals surface area (Å²) < 4.78 is 63.2. The molecular weight excluding hydrogens is 521 g/mol. The van der Waals surface area contributed by atoms with Crippen LogP contribution in [0.5, 0.6) is 0 Å². The Balaban J connectivity index is 1.47. The fourth-order valence-corrected chi connectivity index (χ4v) is 4.82. The minimum atomic E-state index is -4.34. The molecule has 0 aliphatic heterocycles. The van der Waals surface area contributed by atoms with Crippen molar-refractivity contribution in [3.63, 3.8) is 0 Å². The number of sulfonamides is 1. The molecule has 37 heavy (non-hydrogen) atoms. The molecule has 0 bridgehead atoms. The Morgan fingerprint density at radius 2 is 1.84 bits per heavy atom. The fourth-order valence-electron chi connectivity index (χ4n) is 3.54. The summed E-state index contributed by atoms with van der Waals surface area (Å²) in [6.07, 6.45) is 1.55. The lowest BCUT2D eigenvalue weighted by Gasteiger charge is -2.07. The fraction of sp³-hybridized carbons (Fsp3) is 0.231. The zero-order chi connectivity index (χ0) is 26.5. The van der Waals surface area contributed by atoms with Crippen molar-refractivity contribution in [1.82, 2.24) is 14.7 Å². The molecule has 11 heteroatoms. The third kappa shape index (κ3) is 7.52. The quantitative estimate of drug-likeness (QED) is 0.232. The molecular formula is C26H23F3N4O2S2. The minimum Gasteiger partial charge on any atom is -0.361 e. The van der Waals surface area contributed by atoms with Crippen molar-refractivity contribution in [1.29, 1.82) is 0 Å². The Kier molecular flexibility index (Phi) is 8.12. The summed E-state index contributed by atoms with van der Waals surface area (Å²) in [6.45, 7) is 0.537. The van der Waals surface area contributed by atoms with Gasteiger partial charge in [-0.15, -0.1) is 0 Å². The molecule has 0 amide bonds. The van der Waals surface area contributed by atoms with E-state index in [9.17, 15) is 21.6 Å². The highest BCUT2D eigenvalue weighted by Crippen LogP contribution is 2.34. The molecule has 0 unspecified atom stereocenters. The summed E-state index contributed by atoms with van der Waals surface area (Å²) in [6, 6.07) is 13.1. The molecule has 0 aliphatic rings. The predicted octanol–water partition coefficient (Wildman–Crippen LogP) is 5.32. The number of anilines is 1. The second-order valence-electron chi connectivity index (χ2n) is 8.25. The summed E-state index contributed by atoms with van der Waals surface area (Å²) >= 11 is 1.43. The van der Waals surface area contributed by atoms with Crippen LogP contribution in [0.1, 0.15) is 23.2 Å². The highest BCUT2D eigenvalue weighted by atomic mass is 32.2. The van der Waals surface area contributed by atoms with Gasteiger partial charge in [-0.25, -0.2) is 18.1 Å². The van der Waals surface area contributed by atoms with E-state index in [1.807, 2.05) is 24.3 Å². The number of aryl methyl sites for hydroxylation is 1. The maximum Gasteiger partial charge on any atom is 0.416 e. The van der Waals surface area contributed by atoms with Crippen LogP contribution in [0.25, 0.3) is 21.2 Å². The van der Waals surface area contributed by atoms with Crippen LogP contribution in [-0.4, -0.2) is 37.7 Å². The van der Waals surface area contributed by atoms with Crippen molar-refractivity contribution < 1.29 is 21.6 Å². The molecule has 2 N–H and O–H groups in total. The van der Waals surface area contributed by atoms with E-state index in [-0.39, 0.29) is 6.54 Å². The average molecular weight is 545 g/mol. The SMILES string of the molecule is CS(=O)(=O)NCC#Cc1nc(NCCCc2ccc(C(F)(F)F)cc2)sc1-c1ccc2cnccc2c1. The number of benzene rings is 2. The van der Waals surface area contributed by atoms with Gasteiger partial charge in [0.2, 0.25) is 10.0 Å². The van der Waals surface area contributed by atoms with Crippen molar-refractivity contribution in [2.75, 3.05) is 24.7 Å². The molecule has 2 aromatic carbocycles. The van der Waals surface area contributed by atoms with Crippen LogP contribution in [-0.2, 0) is 22.6 Å². The number of aromatic nitrogens is 2. The molecule has 0 fully saturated rings. The van der Waals surface area contributed by atoms with Gasteiger partial charge in [0.25, 0.3) is 0 Å². The van der Waals surface area contributed by atoms with Gasteiger partial charge in [0, 0.05) is 24.3 Å². The summed E-state index contributed by atoms with van der Waals surface area (Å²) in [5, 5.41) is 5.94. The third-order valence-corrected chi connectivity index (χ3v) is 7.09. The van der Waals surface area contributed by atoms with Gasteiger partial charge in [-0.3, -0.25) is 4.98 Å². The van der Waals surface area contributed by atoms with Gasteiger partial charge in [0.05, 0.1) is 23.2 Å². The number of fused-ring (bicyclic) bond motifs is 1. The van der Waals surface area contributed by atoms with E-state index < -0.39 is 21.8 Å². The van der Waals surface area contributed by atoms with Crippen LogP contribution >= 0.6 is 11.3 Å². The first-order valence-electron chi connectivity index (χ1n) is 11.3. The Morgan fingerprint density at radius 1 is 1.05 bits per heavy atom. The number of alkyl halides is 3. The summed E-state index contributed by atoms with van der Waals surface area (Å²) in [4.78, 5) is 9.58. The number of hydrogen-bond acceptors (Lipinski definition) is 6. The molecule has 0 saturated heterocycles. The number of hydrogen-bond donors (Lipinski definition) is 2. The van der Waals surface area contributed by atoms with Crippen molar-refractivity contribution in [2.24, 2.45) is 0 Å². The first-order chi connectivity index (χ1) is 17.6. The van der Waals surface area contributed by atoms with E-state index in [2.05, 4.69) is 31.8 Å². The standard InChI is InChI=1S/C26H23F3N4O2S2/c1-37(34,35)32-14-3-5-23-24(20-8-9-21-17-30-15-12-19(21)16-20)36-25(33-23)31-13-2-4-18-6-10-22(11-7-18)26(27,28)29/h6-12,15-17,32H,2,4,13-14H2,1H3,(H,31,33). The number of pyridine rings is 1. The van der Waals surface area contributed by atoms with Gasteiger partial charge in [-0.1, -0.05) is 41.5 Å². The largest absolute Gasteiger partial charge is 0.416 e. The van der Waals surface area contributed by atoms with E-state index >= 15 is 0 Å². The van der Waals surface area contributed by atoms with E-state index in [4.69, 9.17) is 0 Å². The monoisotopic (exact) mass is 544 g/mol. The lowest BCUT2D eigenvalue weighted by molar-refractivity contribution is -0.137. The maximum absolute atomic E-state index is 12.7. The van der Waals surface area contributed by atoms with Gasteiger partial charge in [0.1, 0.15) is 5.69 Å². The molecule has 4 rings (SSSR count). The minimum absolute atomic E-state index is 0.0327. The molecule has 0 spiro atoms. The van der Waals surface area contributed by atoms with Crippen molar-refractivity contribution in [3.05, 3.63) is 77.7 Å². The molecule has 0 atom stereocenters. The van der Waals surface area contributed by atoms with Crippen LogP contribution in [0, 0.1) is 11.8 Å². The van der Waals surface area contributed by atoms with Gasteiger partial charge >= 0.3 is 6.18 Å². The van der Waals surface area contributed by atoms with Crippen LogP contribution in [0.2, 0.25) is 0 Å². The van der Waals surface area contributed by atoms with Crippen LogP contribution < -0.4 is 10.0 Å². The van der Waals surface area contributed by atoms with Gasteiger partial charge in [-0.2, -0.15) is 13.2 Å². The maximum atomic E-state index is 12.7. The first kappa shape index (κ1) is 26.6. The molecule has 0 saturated carbocycles. The predicted molar refractivity (Wildman–Crippen MR) is 141 cm³/mol. The molecule has 2 heterocycles. The lowest BCUT2D eigenvalue weighted by Crippen LogP contribution is -2.21. The second kappa shape index (κ2) is 11.3. The number of rotatable bonds is 8. The van der Waals surface area contributed by atoms with Gasteiger partial charge in [0.15, 0.2) is 5.13 Å². The normalized spacial score (nSPS) is 11.8. The van der Waals surface area contributed by atoms with Crippen LogP contribution in [0.15, 0.2) is 60.9 Å². The first-order valence-corrected chi connectivity index (χ1v) is 14.0. The Morgan fingerprint density at radius 3 is 2.57 bits per heavy atom. The van der Waals surface area contributed by atoms with Crippen LogP contribution in [0.4, 0.5) is 18.3 Å². The number of halogens is 3. The third-order valence-electron chi connectivity index (χ3n) is 5.36. The molecule has 192 valence electrons. The highest BCUT2D eigenvalue weighted by Gasteiger charge is 2.29. The van der Waals surface area contributed by atoms with Crippen LogP contribution in [0.3, 0.4) is 0 Å². The number of nitrogens with one attached hydrogen (secondary N) is 2. The van der Waals surface area contributed by atoms with E-state index in [1.165, 1.54) is 23.5 Å². The lowest BCUT2D eigenvalue weighted by atomic mass is 10.1. The summed E-state index contributed by atoms with van der Waals surface area (Å²) in [5.41, 5.74) is 1.62. The summed E-state index contributed by atoms with van der Waals surface area (Å²) in [7, 11) is -3.35. The van der Waals surface area contributed by atoms with E-state index in [0.717, 1.165) is 45.2 Å². The molecule has 4 aromatic rings. The Labute approximate surface area is 217 Å². The average Bonchev–Trinajstić information content (AvgIpc) is 3.26. The topological polar surface area (TPSA) is 84.0 Å². The van der Waals surface area contributed by atoms with Crippen molar-refractivity contribution >= 4 is 37.3 Å². The molecule has 0 aliphatic carbocycles. The van der Waals surface area contributed by atoms with E-state index in [0.29, 0.717) is 30.2 Å². The number of nitrogens with zero attached hydrogens (tertiary/aromatic N) is 2. The van der Waals surface area contributed by atoms with Gasteiger partial charge in [-0.05, 0) is 59.5 Å². The smallest absolute Gasteiger partial charge is 0.361 e. The molecule has 0 radical (unpaired) electrons. The molecule has 2 aromatic heterocycles. The zero-order valence-corrected chi connectivity index (χ0v) is 21.4. The molecule has 6 nitrogen and oxygen atoms in total. The zero-order valence-electron chi connectivity index (χ0n) is 19.8. The number of thiazole rings is 1. The van der Waals surface area contributed by atoms with Crippen molar-refractivity contribution in [2.45, 2.75) is 19.0 Å². The highest BCUT2D eigenvalue weighted by molar-refractivity contribution is 7.88.